The number of hydrogen-bond donors (Lipinski definition) is 1. The Labute approximate surface area is 132 Å². The van der Waals surface area contributed by atoms with Crippen LogP contribution in [0.4, 0.5) is 22.7 Å². The summed E-state index contributed by atoms with van der Waals surface area (Å²) in [6.07, 6.45) is 0. The summed E-state index contributed by atoms with van der Waals surface area (Å²) < 4.78 is 4.92. The van der Waals surface area contributed by atoms with Gasteiger partial charge < -0.3 is 10.1 Å². The van der Waals surface area contributed by atoms with E-state index in [4.69, 9.17) is 11.3 Å². The summed E-state index contributed by atoms with van der Waals surface area (Å²) in [5.41, 5.74) is 1.07. The van der Waals surface area contributed by atoms with Crippen LogP contribution in [0.3, 0.4) is 0 Å². The third kappa shape index (κ3) is 3.83. The molecule has 0 unspecified atom stereocenters. The Bertz CT molecular complexity index is 796. The average Bonchev–Trinajstić information content (AvgIpc) is 2.55. The van der Waals surface area contributed by atoms with E-state index in [-0.39, 0.29) is 23.7 Å². The normalized spacial score (nSPS) is 9.74. The lowest BCUT2D eigenvalue weighted by molar-refractivity contribution is -0.383. The first-order valence-corrected chi connectivity index (χ1v) is 6.75. The Hall–Kier alpha value is -3.40. The van der Waals surface area contributed by atoms with Crippen LogP contribution in [-0.2, 0) is 4.74 Å². The van der Waals surface area contributed by atoms with Crippen LogP contribution in [0.25, 0.3) is 4.85 Å². The summed E-state index contributed by atoms with van der Waals surface area (Å²) in [5, 5.41) is 14.0. The van der Waals surface area contributed by atoms with Crippen molar-refractivity contribution >= 4 is 28.7 Å². The van der Waals surface area contributed by atoms with E-state index in [1.54, 1.807) is 31.2 Å². The van der Waals surface area contributed by atoms with Gasteiger partial charge in [0.15, 0.2) is 5.69 Å². The van der Waals surface area contributed by atoms with Crippen molar-refractivity contribution in [3.63, 3.8) is 0 Å². The van der Waals surface area contributed by atoms with Gasteiger partial charge in [-0.15, -0.1) is 0 Å². The average molecular weight is 311 g/mol. The zero-order chi connectivity index (χ0) is 16.8. The number of nitrogens with zero attached hydrogens (tertiary/aromatic N) is 2. The minimum atomic E-state index is -0.563. The molecule has 0 bridgehead atoms. The number of nitro groups is 1. The summed E-state index contributed by atoms with van der Waals surface area (Å²) in [6.45, 7) is 8.89. The molecular formula is C16H13N3O4. The third-order valence-corrected chi connectivity index (χ3v) is 2.96. The lowest BCUT2D eigenvalue weighted by Gasteiger charge is -2.09. The van der Waals surface area contributed by atoms with Gasteiger partial charge >= 0.3 is 5.97 Å². The van der Waals surface area contributed by atoms with Crippen molar-refractivity contribution < 1.29 is 14.5 Å². The first-order valence-electron chi connectivity index (χ1n) is 6.75. The molecule has 0 aromatic heterocycles. The highest BCUT2D eigenvalue weighted by Gasteiger charge is 2.15. The molecule has 2 rings (SSSR count). The first-order chi connectivity index (χ1) is 11.0. The standard InChI is InChI=1S/C16H13N3O4/c1-3-23-16(20)11-5-4-6-13(9-11)18-14-8-7-12(17-2)10-15(14)19(21)22/h4-10,18H,3H2,1H3. The smallest absolute Gasteiger partial charge is 0.338 e. The molecule has 7 heteroatoms. The summed E-state index contributed by atoms with van der Waals surface area (Å²) in [6, 6.07) is 10.6. The van der Waals surface area contributed by atoms with Crippen LogP contribution in [0.1, 0.15) is 17.3 Å². The number of nitrogens with one attached hydrogen (secondary N) is 1. The van der Waals surface area contributed by atoms with E-state index < -0.39 is 10.9 Å². The zero-order valence-electron chi connectivity index (χ0n) is 12.3. The Morgan fingerprint density at radius 2 is 2.13 bits per heavy atom. The fourth-order valence-electron chi connectivity index (χ4n) is 1.94. The second-order valence-electron chi connectivity index (χ2n) is 4.50. The van der Waals surface area contributed by atoms with Gasteiger partial charge in [0.25, 0.3) is 5.69 Å². The van der Waals surface area contributed by atoms with E-state index >= 15 is 0 Å². The number of carbonyl (C=O) groups is 1. The van der Waals surface area contributed by atoms with Crippen LogP contribution in [-0.4, -0.2) is 17.5 Å². The third-order valence-electron chi connectivity index (χ3n) is 2.96. The fourth-order valence-corrected chi connectivity index (χ4v) is 1.94. The molecule has 0 radical (unpaired) electrons. The summed E-state index contributed by atoms with van der Waals surface area (Å²) in [7, 11) is 0. The molecule has 116 valence electrons. The van der Waals surface area contributed by atoms with Crippen molar-refractivity contribution in [2.75, 3.05) is 11.9 Å². The summed E-state index contributed by atoms with van der Waals surface area (Å²) >= 11 is 0. The van der Waals surface area contributed by atoms with Gasteiger partial charge in [-0.25, -0.2) is 9.64 Å². The van der Waals surface area contributed by atoms with E-state index in [9.17, 15) is 14.9 Å². The van der Waals surface area contributed by atoms with Crippen LogP contribution >= 0.6 is 0 Å². The van der Waals surface area contributed by atoms with Gasteiger partial charge in [-0.05, 0) is 31.2 Å². The Balaban J connectivity index is 2.33. The highest BCUT2D eigenvalue weighted by Crippen LogP contribution is 2.31. The molecule has 23 heavy (non-hydrogen) atoms. The molecule has 0 aliphatic heterocycles. The van der Waals surface area contributed by atoms with Gasteiger partial charge in [0.1, 0.15) is 5.69 Å². The Kier molecular flexibility index (Phi) is 4.89. The van der Waals surface area contributed by atoms with Crippen molar-refractivity contribution in [1.82, 2.24) is 0 Å². The maximum atomic E-state index is 11.7. The number of carbonyl (C=O) groups excluding carboxylic acids is 1. The van der Waals surface area contributed by atoms with Crippen LogP contribution in [0.5, 0.6) is 0 Å². The number of ether oxygens (including phenoxy) is 1. The number of anilines is 2. The first kappa shape index (κ1) is 16.0. The van der Waals surface area contributed by atoms with Gasteiger partial charge in [0.05, 0.1) is 23.7 Å². The predicted molar refractivity (Wildman–Crippen MR) is 85.0 cm³/mol. The minimum absolute atomic E-state index is 0.183. The molecule has 1 N–H and O–H groups in total. The lowest BCUT2D eigenvalue weighted by atomic mass is 10.2. The number of benzene rings is 2. The predicted octanol–water partition coefficient (Wildman–Crippen LogP) is 4.07. The van der Waals surface area contributed by atoms with Crippen molar-refractivity contribution in [2.45, 2.75) is 6.92 Å². The van der Waals surface area contributed by atoms with E-state index in [1.165, 1.54) is 18.2 Å². The van der Waals surface area contributed by atoms with E-state index in [0.29, 0.717) is 11.3 Å². The Morgan fingerprint density at radius 1 is 1.35 bits per heavy atom. The maximum absolute atomic E-state index is 11.7. The van der Waals surface area contributed by atoms with Crippen LogP contribution < -0.4 is 5.32 Å². The van der Waals surface area contributed by atoms with Crippen LogP contribution in [0.2, 0.25) is 0 Å². The van der Waals surface area contributed by atoms with Crippen LogP contribution in [0, 0.1) is 16.7 Å². The molecule has 0 heterocycles. The largest absolute Gasteiger partial charge is 0.462 e. The molecule has 0 saturated heterocycles. The molecule has 0 atom stereocenters. The Morgan fingerprint density at radius 3 is 2.78 bits per heavy atom. The van der Waals surface area contributed by atoms with E-state index in [2.05, 4.69) is 10.2 Å². The molecule has 2 aromatic carbocycles. The summed E-state index contributed by atoms with van der Waals surface area (Å²) in [4.78, 5) is 25.5. The molecule has 2 aromatic rings. The SMILES string of the molecule is [C-]#[N+]c1ccc(Nc2cccc(C(=O)OCC)c2)c([N+](=O)[O-])c1. The lowest BCUT2D eigenvalue weighted by Crippen LogP contribution is -2.05. The second-order valence-corrected chi connectivity index (χ2v) is 4.50. The van der Waals surface area contributed by atoms with E-state index in [0.717, 1.165) is 0 Å². The van der Waals surface area contributed by atoms with Crippen molar-refractivity contribution in [2.24, 2.45) is 0 Å². The topological polar surface area (TPSA) is 85.8 Å². The molecule has 7 nitrogen and oxygen atoms in total. The molecule has 0 aliphatic carbocycles. The van der Waals surface area contributed by atoms with Crippen LogP contribution in [0.15, 0.2) is 42.5 Å². The molecule has 0 spiro atoms. The van der Waals surface area contributed by atoms with Gasteiger partial charge in [0.2, 0.25) is 0 Å². The second kappa shape index (κ2) is 7.04. The number of esters is 1. The summed E-state index contributed by atoms with van der Waals surface area (Å²) in [5.74, 6) is -0.464. The van der Waals surface area contributed by atoms with Crippen molar-refractivity contribution in [3.05, 3.63) is 69.6 Å². The number of rotatable bonds is 5. The quantitative estimate of drug-likeness (QED) is 0.389. The maximum Gasteiger partial charge on any atom is 0.338 e. The van der Waals surface area contributed by atoms with Gasteiger partial charge in [0, 0.05) is 11.8 Å². The fraction of sp³-hybridized carbons (Fsp3) is 0.125. The highest BCUT2D eigenvalue weighted by molar-refractivity contribution is 5.91. The van der Waals surface area contributed by atoms with Gasteiger partial charge in [-0.1, -0.05) is 12.1 Å². The highest BCUT2D eigenvalue weighted by atomic mass is 16.6. The number of hydrogen-bond acceptors (Lipinski definition) is 5. The molecule has 0 saturated carbocycles. The molecule has 0 amide bonds. The van der Waals surface area contributed by atoms with Crippen molar-refractivity contribution in [3.8, 4) is 0 Å². The molecule has 0 fully saturated rings. The monoisotopic (exact) mass is 311 g/mol. The molecular weight excluding hydrogens is 298 g/mol. The minimum Gasteiger partial charge on any atom is -0.462 e. The number of nitro benzene ring substituents is 1. The zero-order valence-corrected chi connectivity index (χ0v) is 12.3. The van der Waals surface area contributed by atoms with Gasteiger partial charge in [-0.2, -0.15) is 0 Å². The van der Waals surface area contributed by atoms with E-state index in [1.807, 2.05) is 0 Å². The molecule has 0 aliphatic rings. The van der Waals surface area contributed by atoms with Gasteiger partial charge in [-0.3, -0.25) is 10.1 Å². The van der Waals surface area contributed by atoms with Crippen molar-refractivity contribution in [1.29, 1.82) is 0 Å².